The first-order chi connectivity index (χ1) is 9.52. The highest BCUT2D eigenvalue weighted by atomic mass is 16.2. The smallest absolute Gasteiger partial charge is 0.322 e. The van der Waals surface area contributed by atoms with E-state index in [1.807, 2.05) is 11.5 Å². The Bertz CT molecular complexity index is 738. The molecule has 0 aliphatic carbocycles. The summed E-state index contributed by atoms with van der Waals surface area (Å²) in [5, 5.41) is 0. The number of carbonyl (C=O) groups is 1. The molecule has 0 aliphatic heterocycles. The number of aromatic nitrogens is 4. The van der Waals surface area contributed by atoms with Crippen LogP contribution >= 0.6 is 0 Å². The van der Waals surface area contributed by atoms with E-state index in [-0.39, 0.29) is 5.78 Å². The molecule has 0 bridgehead atoms. The van der Waals surface area contributed by atoms with Gasteiger partial charge in [-0.05, 0) is 19.8 Å². The molecule has 0 saturated heterocycles. The van der Waals surface area contributed by atoms with Crippen LogP contribution in [0.5, 0.6) is 0 Å². The van der Waals surface area contributed by atoms with Gasteiger partial charge in [0, 0.05) is 19.4 Å². The van der Waals surface area contributed by atoms with Crippen LogP contribution in [0.3, 0.4) is 0 Å². The van der Waals surface area contributed by atoms with Crippen LogP contribution in [0.4, 0.5) is 0 Å². The van der Waals surface area contributed by atoms with Crippen LogP contribution in [0.15, 0.2) is 9.59 Å². The predicted molar refractivity (Wildman–Crippen MR) is 74.9 cm³/mol. The fraction of sp³-hybridized carbons (Fsp3) is 0.538. The number of carbonyl (C=O) groups excluding carboxylic acids is 1. The molecule has 0 atom stereocenters. The van der Waals surface area contributed by atoms with Gasteiger partial charge < -0.3 is 9.36 Å². The first-order valence-electron chi connectivity index (χ1n) is 6.74. The molecule has 20 heavy (non-hydrogen) atoms. The Labute approximate surface area is 115 Å². The molecule has 7 nitrogen and oxygen atoms in total. The summed E-state index contributed by atoms with van der Waals surface area (Å²) in [5.41, 5.74) is -0.282. The van der Waals surface area contributed by atoms with Gasteiger partial charge >= 0.3 is 5.69 Å². The van der Waals surface area contributed by atoms with Gasteiger partial charge in [-0.1, -0.05) is 6.92 Å². The van der Waals surface area contributed by atoms with Crippen LogP contribution in [0.25, 0.3) is 11.2 Å². The maximum absolute atomic E-state index is 11.9. The van der Waals surface area contributed by atoms with Crippen molar-refractivity contribution >= 4 is 16.9 Å². The normalized spacial score (nSPS) is 11.1. The molecule has 2 aromatic heterocycles. The maximum atomic E-state index is 11.9. The van der Waals surface area contributed by atoms with Crippen LogP contribution in [-0.4, -0.2) is 25.3 Å². The number of hydrogen-bond acceptors (Lipinski definition) is 4. The van der Waals surface area contributed by atoms with Crippen LogP contribution in [0.1, 0.15) is 38.9 Å². The first kappa shape index (κ1) is 14.2. The lowest BCUT2D eigenvalue weighted by Gasteiger charge is -2.06. The lowest BCUT2D eigenvalue weighted by molar-refractivity contribution is -0.117. The summed E-state index contributed by atoms with van der Waals surface area (Å²) in [7, 11) is 0. The number of H-pyrrole nitrogens is 2. The minimum absolute atomic E-state index is 0.134. The van der Waals surface area contributed by atoms with Gasteiger partial charge in [-0.3, -0.25) is 14.8 Å². The number of ketones is 1. The maximum Gasteiger partial charge on any atom is 0.327 e. The summed E-state index contributed by atoms with van der Waals surface area (Å²) in [6.07, 6.45) is 2.63. The van der Waals surface area contributed by atoms with Crippen molar-refractivity contribution in [1.82, 2.24) is 19.5 Å². The van der Waals surface area contributed by atoms with Crippen LogP contribution < -0.4 is 11.2 Å². The second kappa shape index (κ2) is 5.85. The van der Waals surface area contributed by atoms with E-state index in [9.17, 15) is 14.4 Å². The standard InChI is InChI=1S/C13H18N4O3/c1-3-7-17-9(6-4-5-8(2)18)14-11-10(17)12(19)16-13(20)15-11/h3-7H2,1-2H3,(H2,15,16,19,20). The van der Waals surface area contributed by atoms with Gasteiger partial charge in [-0.25, -0.2) is 9.78 Å². The second-order valence-corrected chi connectivity index (χ2v) is 4.84. The molecule has 2 aromatic rings. The van der Waals surface area contributed by atoms with Crippen molar-refractivity contribution in [2.75, 3.05) is 0 Å². The summed E-state index contributed by atoms with van der Waals surface area (Å²) in [6.45, 7) is 4.21. The van der Waals surface area contributed by atoms with E-state index in [0.29, 0.717) is 37.0 Å². The molecule has 0 spiro atoms. The Hall–Kier alpha value is -2.18. The van der Waals surface area contributed by atoms with E-state index in [2.05, 4.69) is 15.0 Å². The molecule has 0 unspecified atom stereocenters. The molecule has 0 aliphatic rings. The molecule has 0 saturated carbocycles. The highest BCUT2D eigenvalue weighted by molar-refractivity contribution is 5.75. The third-order valence-corrected chi connectivity index (χ3v) is 3.10. The Morgan fingerprint density at radius 1 is 1.30 bits per heavy atom. The van der Waals surface area contributed by atoms with Gasteiger partial charge in [-0.2, -0.15) is 0 Å². The van der Waals surface area contributed by atoms with Crippen LogP contribution in [-0.2, 0) is 17.8 Å². The fourth-order valence-corrected chi connectivity index (χ4v) is 2.27. The number of aryl methyl sites for hydroxylation is 2. The summed E-state index contributed by atoms with van der Waals surface area (Å²) < 4.78 is 1.82. The largest absolute Gasteiger partial charge is 0.327 e. The molecule has 0 radical (unpaired) electrons. The number of nitrogens with one attached hydrogen (secondary N) is 2. The highest BCUT2D eigenvalue weighted by Gasteiger charge is 2.14. The number of nitrogens with zero attached hydrogens (tertiary/aromatic N) is 2. The number of Topliss-reactive ketones (excluding diaryl/α,β-unsaturated/α-hetero) is 1. The predicted octanol–water partition coefficient (Wildman–Crippen LogP) is 0.735. The Morgan fingerprint density at radius 3 is 2.70 bits per heavy atom. The average molecular weight is 278 g/mol. The van der Waals surface area contributed by atoms with Crippen LogP contribution in [0, 0.1) is 0 Å². The summed E-state index contributed by atoms with van der Waals surface area (Å²) >= 11 is 0. The van der Waals surface area contributed by atoms with Crippen molar-refractivity contribution in [3.8, 4) is 0 Å². The molecule has 0 aromatic carbocycles. The topological polar surface area (TPSA) is 101 Å². The molecular weight excluding hydrogens is 260 g/mol. The van der Waals surface area contributed by atoms with Crippen molar-refractivity contribution < 1.29 is 4.79 Å². The lowest BCUT2D eigenvalue weighted by Crippen LogP contribution is -2.23. The van der Waals surface area contributed by atoms with Gasteiger partial charge in [0.05, 0.1) is 0 Å². The monoisotopic (exact) mass is 278 g/mol. The van der Waals surface area contributed by atoms with Crippen molar-refractivity contribution in [2.45, 2.75) is 46.1 Å². The molecule has 2 heterocycles. The van der Waals surface area contributed by atoms with E-state index in [4.69, 9.17) is 0 Å². The number of hydrogen-bond donors (Lipinski definition) is 2. The first-order valence-corrected chi connectivity index (χ1v) is 6.74. The average Bonchev–Trinajstić information content (AvgIpc) is 2.67. The molecule has 2 N–H and O–H groups in total. The van der Waals surface area contributed by atoms with Gasteiger partial charge in [0.2, 0.25) is 0 Å². The van der Waals surface area contributed by atoms with E-state index >= 15 is 0 Å². The van der Waals surface area contributed by atoms with Crippen molar-refractivity contribution in [3.63, 3.8) is 0 Å². The summed E-state index contributed by atoms with van der Waals surface area (Å²) in [4.78, 5) is 43.2. The van der Waals surface area contributed by atoms with Gasteiger partial charge in [0.15, 0.2) is 11.2 Å². The fourth-order valence-electron chi connectivity index (χ4n) is 2.27. The Morgan fingerprint density at radius 2 is 2.05 bits per heavy atom. The zero-order valence-electron chi connectivity index (χ0n) is 11.7. The molecule has 0 amide bonds. The van der Waals surface area contributed by atoms with Gasteiger partial charge in [-0.15, -0.1) is 0 Å². The van der Waals surface area contributed by atoms with E-state index in [0.717, 1.165) is 12.2 Å². The van der Waals surface area contributed by atoms with Crippen molar-refractivity contribution in [2.24, 2.45) is 0 Å². The Balaban J connectivity index is 2.45. The number of fused-ring (bicyclic) bond motifs is 1. The minimum Gasteiger partial charge on any atom is -0.322 e. The molecule has 2 rings (SSSR count). The van der Waals surface area contributed by atoms with Crippen molar-refractivity contribution in [3.05, 3.63) is 26.7 Å². The van der Waals surface area contributed by atoms with Crippen molar-refractivity contribution in [1.29, 1.82) is 0 Å². The third-order valence-electron chi connectivity index (χ3n) is 3.10. The molecule has 108 valence electrons. The summed E-state index contributed by atoms with van der Waals surface area (Å²) in [5.74, 6) is 0.866. The second-order valence-electron chi connectivity index (χ2n) is 4.84. The van der Waals surface area contributed by atoms with E-state index in [1.165, 1.54) is 0 Å². The van der Waals surface area contributed by atoms with Gasteiger partial charge in [0.25, 0.3) is 5.56 Å². The number of aromatic amines is 2. The lowest BCUT2D eigenvalue weighted by atomic mass is 10.2. The molecule has 7 heteroatoms. The SMILES string of the molecule is CCCn1c(CCCC(C)=O)nc2[nH]c(=O)[nH]c(=O)c21. The highest BCUT2D eigenvalue weighted by Crippen LogP contribution is 2.12. The quantitative estimate of drug-likeness (QED) is 0.813. The zero-order valence-corrected chi connectivity index (χ0v) is 11.7. The van der Waals surface area contributed by atoms with Gasteiger partial charge in [0.1, 0.15) is 11.6 Å². The molecule has 0 fully saturated rings. The summed E-state index contributed by atoms with van der Waals surface area (Å²) in [6, 6.07) is 0. The number of imidazole rings is 1. The minimum atomic E-state index is -0.557. The zero-order chi connectivity index (χ0) is 14.7. The van der Waals surface area contributed by atoms with E-state index < -0.39 is 11.2 Å². The third kappa shape index (κ3) is 2.87. The number of rotatable bonds is 6. The van der Waals surface area contributed by atoms with E-state index in [1.54, 1.807) is 6.92 Å². The Kier molecular flexibility index (Phi) is 4.16. The molecular formula is C13H18N4O3. The van der Waals surface area contributed by atoms with Crippen LogP contribution in [0.2, 0.25) is 0 Å².